The van der Waals surface area contributed by atoms with Crippen molar-refractivity contribution in [3.8, 4) is 17.2 Å². The van der Waals surface area contributed by atoms with Gasteiger partial charge >= 0.3 is 0 Å². The monoisotopic (exact) mass is 430 g/mol. The van der Waals surface area contributed by atoms with Crippen molar-refractivity contribution >= 4 is 16.0 Å². The van der Waals surface area contributed by atoms with E-state index in [1.54, 1.807) is 35.3 Å². The van der Waals surface area contributed by atoms with Crippen molar-refractivity contribution in [3.63, 3.8) is 0 Å². The summed E-state index contributed by atoms with van der Waals surface area (Å²) in [4.78, 5) is 4.58. The molecule has 0 fully saturated rings. The molecule has 0 heterocycles. The molecule has 0 aliphatic heterocycles. The Morgan fingerprint density at radius 1 is 1.07 bits per heavy atom. The standard InChI is InChI=1S/C19H34N4O5S/c1-7-20-19(21-10-9-11-23(3)29(24,25)8-2)22-14-15-12-16(26-4)18(28-6)17(13-15)27-5/h12-13H,7-11,14H2,1-6H3,(H2,20,21,22). The van der Waals surface area contributed by atoms with Gasteiger partial charge in [0.25, 0.3) is 0 Å². The second kappa shape index (κ2) is 12.4. The Bertz CT molecular complexity index is 743. The summed E-state index contributed by atoms with van der Waals surface area (Å²) < 4.78 is 41.0. The average Bonchev–Trinajstić information content (AvgIpc) is 2.73. The third-order valence-electron chi connectivity index (χ3n) is 4.27. The van der Waals surface area contributed by atoms with Gasteiger partial charge in [-0.1, -0.05) is 0 Å². The van der Waals surface area contributed by atoms with Crippen LogP contribution in [0.3, 0.4) is 0 Å². The summed E-state index contributed by atoms with van der Waals surface area (Å²) in [5, 5.41) is 6.41. The lowest BCUT2D eigenvalue weighted by atomic mass is 10.2. The van der Waals surface area contributed by atoms with Gasteiger partial charge < -0.3 is 24.8 Å². The van der Waals surface area contributed by atoms with Gasteiger partial charge in [-0.25, -0.2) is 17.7 Å². The largest absolute Gasteiger partial charge is 0.493 e. The van der Waals surface area contributed by atoms with E-state index in [0.717, 1.165) is 5.56 Å². The molecule has 0 aromatic heterocycles. The van der Waals surface area contributed by atoms with Crippen molar-refractivity contribution in [3.05, 3.63) is 17.7 Å². The van der Waals surface area contributed by atoms with Crippen LogP contribution in [0.4, 0.5) is 0 Å². The van der Waals surface area contributed by atoms with Crippen LogP contribution in [0.1, 0.15) is 25.8 Å². The average molecular weight is 431 g/mol. The van der Waals surface area contributed by atoms with Crippen molar-refractivity contribution in [2.24, 2.45) is 4.99 Å². The first kappa shape index (κ1) is 24.8. The second-order valence-electron chi connectivity index (χ2n) is 6.23. The molecule has 0 amide bonds. The summed E-state index contributed by atoms with van der Waals surface area (Å²) in [5.74, 6) is 2.46. The van der Waals surface area contributed by atoms with Crippen LogP contribution in [0, 0.1) is 0 Å². The zero-order valence-electron chi connectivity index (χ0n) is 18.2. The van der Waals surface area contributed by atoms with Gasteiger partial charge in [0.05, 0.1) is 33.6 Å². The highest BCUT2D eigenvalue weighted by Gasteiger charge is 2.14. The molecule has 0 spiro atoms. The first-order chi connectivity index (χ1) is 13.8. The maximum Gasteiger partial charge on any atom is 0.213 e. The molecular formula is C19H34N4O5S. The number of nitrogens with zero attached hydrogens (tertiary/aromatic N) is 2. The fraction of sp³-hybridized carbons (Fsp3) is 0.632. The molecule has 0 saturated heterocycles. The van der Waals surface area contributed by atoms with Gasteiger partial charge in [0.2, 0.25) is 15.8 Å². The molecule has 1 aromatic rings. The summed E-state index contributed by atoms with van der Waals surface area (Å²) in [5.41, 5.74) is 0.908. The predicted octanol–water partition coefficient (Wildman–Crippen LogP) is 1.44. The van der Waals surface area contributed by atoms with E-state index in [-0.39, 0.29) is 5.75 Å². The van der Waals surface area contributed by atoms with Crippen molar-refractivity contribution in [1.29, 1.82) is 0 Å². The SMILES string of the molecule is CCNC(=NCc1cc(OC)c(OC)c(OC)c1)NCCCN(C)S(=O)(=O)CC. The first-order valence-corrected chi connectivity index (χ1v) is 11.2. The zero-order valence-corrected chi connectivity index (χ0v) is 19.1. The molecule has 29 heavy (non-hydrogen) atoms. The smallest absolute Gasteiger partial charge is 0.213 e. The number of hydrogen-bond donors (Lipinski definition) is 2. The summed E-state index contributed by atoms with van der Waals surface area (Å²) >= 11 is 0. The van der Waals surface area contributed by atoms with Crippen LogP contribution in [0.15, 0.2) is 17.1 Å². The lowest BCUT2D eigenvalue weighted by Gasteiger charge is -2.17. The lowest BCUT2D eigenvalue weighted by molar-refractivity contribution is 0.324. The fourth-order valence-corrected chi connectivity index (χ4v) is 3.45. The second-order valence-corrected chi connectivity index (χ2v) is 8.60. The van der Waals surface area contributed by atoms with Crippen LogP contribution in [-0.4, -0.2) is 72.4 Å². The maximum absolute atomic E-state index is 11.8. The van der Waals surface area contributed by atoms with E-state index in [4.69, 9.17) is 14.2 Å². The van der Waals surface area contributed by atoms with Gasteiger partial charge in [-0.05, 0) is 38.0 Å². The van der Waals surface area contributed by atoms with Crippen LogP contribution in [0.5, 0.6) is 17.2 Å². The third kappa shape index (κ3) is 7.62. The van der Waals surface area contributed by atoms with E-state index in [1.165, 1.54) is 4.31 Å². The molecule has 9 nitrogen and oxygen atoms in total. The molecular weight excluding hydrogens is 396 g/mol. The predicted molar refractivity (Wildman–Crippen MR) is 116 cm³/mol. The molecule has 0 atom stereocenters. The summed E-state index contributed by atoms with van der Waals surface area (Å²) in [7, 11) is 3.17. The highest BCUT2D eigenvalue weighted by Crippen LogP contribution is 2.38. The van der Waals surface area contributed by atoms with Crippen LogP contribution in [-0.2, 0) is 16.6 Å². The number of methoxy groups -OCH3 is 3. The molecule has 166 valence electrons. The minimum absolute atomic E-state index is 0.107. The van der Waals surface area contributed by atoms with Gasteiger partial charge in [0, 0.05) is 26.7 Å². The Kier molecular flexibility index (Phi) is 10.6. The van der Waals surface area contributed by atoms with Gasteiger partial charge in [0.1, 0.15) is 0 Å². The Balaban J connectivity index is 2.75. The van der Waals surface area contributed by atoms with Crippen LogP contribution in [0.25, 0.3) is 0 Å². The Hall–Kier alpha value is -2.20. The molecule has 1 rings (SSSR count). The Morgan fingerprint density at radius 2 is 1.69 bits per heavy atom. The number of rotatable bonds is 12. The van der Waals surface area contributed by atoms with Crippen LogP contribution in [0.2, 0.25) is 0 Å². The molecule has 0 radical (unpaired) electrons. The zero-order chi connectivity index (χ0) is 21.9. The molecule has 0 unspecified atom stereocenters. The van der Waals surface area contributed by atoms with Crippen molar-refractivity contribution in [1.82, 2.24) is 14.9 Å². The van der Waals surface area contributed by atoms with Crippen molar-refractivity contribution in [2.45, 2.75) is 26.8 Å². The number of hydrogen-bond acceptors (Lipinski definition) is 6. The third-order valence-corrected chi connectivity index (χ3v) is 6.13. The number of ether oxygens (including phenoxy) is 3. The summed E-state index contributed by atoms with van der Waals surface area (Å²) in [6, 6.07) is 3.72. The van der Waals surface area contributed by atoms with E-state index in [2.05, 4.69) is 15.6 Å². The van der Waals surface area contributed by atoms with E-state index >= 15 is 0 Å². The first-order valence-electron chi connectivity index (χ1n) is 9.57. The molecule has 2 N–H and O–H groups in total. The minimum Gasteiger partial charge on any atom is -0.493 e. The van der Waals surface area contributed by atoms with Crippen LogP contribution < -0.4 is 24.8 Å². The van der Waals surface area contributed by atoms with Gasteiger partial charge in [-0.3, -0.25) is 0 Å². The molecule has 0 bridgehead atoms. The molecule has 0 aliphatic rings. The lowest BCUT2D eigenvalue weighted by Crippen LogP contribution is -2.39. The Labute approximate surface area is 174 Å². The molecule has 0 aliphatic carbocycles. The number of aliphatic imine (C=N–C) groups is 1. The maximum atomic E-state index is 11.8. The molecule has 0 saturated carbocycles. The highest BCUT2D eigenvalue weighted by molar-refractivity contribution is 7.89. The van der Waals surface area contributed by atoms with Gasteiger partial charge in [0.15, 0.2) is 17.5 Å². The minimum atomic E-state index is -3.15. The van der Waals surface area contributed by atoms with E-state index in [1.807, 2.05) is 19.1 Å². The number of benzene rings is 1. The van der Waals surface area contributed by atoms with Crippen molar-refractivity contribution < 1.29 is 22.6 Å². The Morgan fingerprint density at radius 3 is 2.17 bits per heavy atom. The number of sulfonamides is 1. The summed E-state index contributed by atoms with van der Waals surface area (Å²) in [6.07, 6.45) is 0.671. The summed E-state index contributed by atoms with van der Waals surface area (Å²) in [6.45, 7) is 5.81. The quantitative estimate of drug-likeness (QED) is 0.294. The number of nitrogens with one attached hydrogen (secondary N) is 2. The van der Waals surface area contributed by atoms with Crippen molar-refractivity contribution in [2.75, 3.05) is 53.8 Å². The van der Waals surface area contributed by atoms with Crippen LogP contribution >= 0.6 is 0 Å². The molecule has 10 heteroatoms. The normalized spacial score (nSPS) is 12.0. The topological polar surface area (TPSA) is 101 Å². The molecule has 1 aromatic carbocycles. The van der Waals surface area contributed by atoms with E-state index in [9.17, 15) is 8.42 Å². The number of guanidine groups is 1. The fourth-order valence-electron chi connectivity index (χ4n) is 2.61. The van der Waals surface area contributed by atoms with Gasteiger partial charge in [-0.2, -0.15) is 0 Å². The van der Waals surface area contributed by atoms with E-state index in [0.29, 0.717) is 55.8 Å². The van der Waals surface area contributed by atoms with Gasteiger partial charge in [-0.15, -0.1) is 0 Å². The van der Waals surface area contributed by atoms with E-state index < -0.39 is 10.0 Å². The highest BCUT2D eigenvalue weighted by atomic mass is 32.2.